The van der Waals surface area contributed by atoms with E-state index in [1.165, 1.54) is 4.88 Å². The number of fused-ring (bicyclic) bond motifs is 4. The van der Waals surface area contributed by atoms with Crippen LogP contribution in [-0.4, -0.2) is 102 Å². The number of nitrogens with one attached hydrogen (secondary N) is 3. The van der Waals surface area contributed by atoms with Crippen molar-refractivity contribution in [2.75, 3.05) is 68.7 Å². The van der Waals surface area contributed by atoms with Crippen molar-refractivity contribution in [1.82, 2.24) is 19.7 Å². The summed E-state index contributed by atoms with van der Waals surface area (Å²) in [5.74, 6) is 1.68. The highest BCUT2D eigenvalue weighted by atomic mass is 35.5. The minimum Gasteiger partial charge on any atom is -0.491 e. The summed E-state index contributed by atoms with van der Waals surface area (Å²) in [4.78, 5) is 49.7. The van der Waals surface area contributed by atoms with Crippen molar-refractivity contribution >= 4 is 77.1 Å². The molecule has 0 spiro atoms. The molecule has 19 heteroatoms. The van der Waals surface area contributed by atoms with E-state index in [4.69, 9.17) is 40.3 Å². The Morgan fingerprint density at radius 2 is 1.54 bits per heavy atom. The van der Waals surface area contributed by atoms with Gasteiger partial charge in [0.05, 0.1) is 58.2 Å². The molecule has 3 aromatic heterocycles. The van der Waals surface area contributed by atoms with Crippen molar-refractivity contribution in [2.45, 2.75) is 66.0 Å². The fourth-order valence-corrected chi connectivity index (χ4v) is 9.18. The number of carbonyl (C=O) groups excluding carboxylic acids is 3. The Hall–Kier alpha value is -6.15. The van der Waals surface area contributed by atoms with E-state index in [-0.39, 0.29) is 43.8 Å². The van der Waals surface area contributed by atoms with Gasteiger partial charge in [-0.05, 0) is 119 Å². The minimum atomic E-state index is -0.705. The van der Waals surface area contributed by atoms with E-state index in [0.29, 0.717) is 86.5 Å². The Morgan fingerprint density at radius 3 is 2.26 bits per heavy atom. The Balaban J connectivity index is 0.00000722. The predicted octanol–water partition coefficient (Wildman–Crippen LogP) is 8.99. The fraction of sp³-hybridized carbons (Fsp3) is 0.353. The molecule has 3 aromatic carbocycles. The summed E-state index contributed by atoms with van der Waals surface area (Å²) in [6, 6.07) is 23.4. The van der Waals surface area contributed by atoms with Gasteiger partial charge in [0.2, 0.25) is 11.8 Å². The summed E-state index contributed by atoms with van der Waals surface area (Å²) in [7, 11) is 0. The maximum atomic E-state index is 13.5. The van der Waals surface area contributed by atoms with E-state index in [1.807, 2.05) is 80.8 Å². The van der Waals surface area contributed by atoms with Gasteiger partial charge in [0.1, 0.15) is 40.6 Å². The minimum absolute atomic E-state index is 0. The highest BCUT2D eigenvalue weighted by Gasteiger charge is 2.33. The largest absolute Gasteiger partial charge is 0.491 e. The zero-order valence-electron chi connectivity index (χ0n) is 39.9. The van der Waals surface area contributed by atoms with E-state index in [0.717, 1.165) is 50.0 Å². The molecular formula is C51H57ClN8O8S2. The lowest BCUT2D eigenvalue weighted by Crippen LogP contribution is -2.25. The summed E-state index contributed by atoms with van der Waals surface area (Å²) in [5, 5.41) is 19.6. The lowest BCUT2D eigenvalue weighted by Gasteiger charge is -2.20. The van der Waals surface area contributed by atoms with Crippen LogP contribution in [0.1, 0.15) is 82.5 Å². The highest BCUT2D eigenvalue weighted by molar-refractivity contribution is 7.59. The summed E-state index contributed by atoms with van der Waals surface area (Å²) in [6.45, 7) is 14.7. The molecule has 16 nitrogen and oxygen atoms in total. The van der Waals surface area contributed by atoms with Crippen LogP contribution in [0.4, 0.5) is 17.2 Å². The summed E-state index contributed by atoms with van der Waals surface area (Å²) in [6.07, 6.45) is 0.346. The van der Waals surface area contributed by atoms with Gasteiger partial charge in [-0.2, -0.15) is 13.5 Å². The Bertz CT molecular complexity index is 2860. The fourth-order valence-electron chi connectivity index (χ4n) is 7.84. The average Bonchev–Trinajstić information content (AvgIpc) is 3.95. The second-order valence-electron chi connectivity index (χ2n) is 17.5. The molecule has 8 rings (SSSR count). The second kappa shape index (κ2) is 23.2. The lowest BCUT2D eigenvalue weighted by atomic mass is 9.99. The molecular weight excluding hydrogens is 952 g/mol. The predicted molar refractivity (Wildman–Crippen MR) is 277 cm³/mol. The van der Waals surface area contributed by atoms with Crippen molar-refractivity contribution in [3.05, 3.63) is 128 Å². The summed E-state index contributed by atoms with van der Waals surface area (Å²) < 4.78 is 30.6. The standard InChI is InChI=1S/C51H55ClN8O8S.H2S/c1-30-31(2)69-49-45(30)46(33-7-10-36(52)11-8-33)56-41(48-59-58-32(3)60(48)49)29-44(62)54-37-12-14-38(15-13-37)67-26-25-66-24-23-65-22-21-64-20-19-53-42-18-16-39(47(57-42)50(63)68-51(4,5)6)34-9-17-40-35(27-34)28-43(61)55-40;/h7-18,27,41H,19-26,28-29H2,1-6H3,(H,53,57)(H,54,62)(H,55,61);1H2/t41-;/m0./s1. The van der Waals surface area contributed by atoms with Gasteiger partial charge in [0.15, 0.2) is 11.5 Å². The number of hydrogen-bond acceptors (Lipinski definition) is 14. The summed E-state index contributed by atoms with van der Waals surface area (Å²) >= 11 is 7.91. The van der Waals surface area contributed by atoms with Crippen molar-refractivity contribution < 1.29 is 38.1 Å². The lowest BCUT2D eigenvalue weighted by molar-refractivity contribution is -0.117. The van der Waals surface area contributed by atoms with Gasteiger partial charge in [-0.15, -0.1) is 21.5 Å². The van der Waals surface area contributed by atoms with E-state index < -0.39 is 17.6 Å². The number of pyridine rings is 1. The van der Waals surface area contributed by atoms with Crippen LogP contribution in [0, 0.1) is 20.8 Å². The first-order valence-electron chi connectivity index (χ1n) is 22.7. The van der Waals surface area contributed by atoms with E-state index in [2.05, 4.69) is 45.0 Å². The van der Waals surface area contributed by atoms with Crippen LogP contribution in [0.3, 0.4) is 0 Å². The number of aryl methyl sites for hydroxylation is 2. The molecule has 2 amide bonds. The van der Waals surface area contributed by atoms with E-state index in [1.54, 1.807) is 41.7 Å². The first-order chi connectivity index (χ1) is 33.2. The second-order valence-corrected chi connectivity index (χ2v) is 19.1. The number of halogens is 1. The number of ether oxygens (including phenoxy) is 5. The third kappa shape index (κ3) is 12.8. The van der Waals surface area contributed by atoms with Crippen LogP contribution in [0.15, 0.2) is 83.9 Å². The number of nitrogens with zero attached hydrogens (tertiary/aromatic N) is 5. The molecule has 3 N–H and O–H groups in total. The molecule has 0 radical (unpaired) electrons. The third-order valence-corrected chi connectivity index (χ3v) is 12.6. The van der Waals surface area contributed by atoms with Gasteiger partial charge >= 0.3 is 5.97 Å². The van der Waals surface area contributed by atoms with Gasteiger partial charge in [-0.1, -0.05) is 29.8 Å². The number of carbonyl (C=O) groups is 3. The van der Waals surface area contributed by atoms with Gasteiger partial charge < -0.3 is 39.6 Å². The number of esters is 1. The number of hydrogen-bond donors (Lipinski definition) is 3. The molecule has 0 saturated heterocycles. The molecule has 0 bridgehead atoms. The van der Waals surface area contributed by atoms with Crippen LogP contribution < -0.4 is 20.7 Å². The zero-order valence-corrected chi connectivity index (χ0v) is 42.5. The molecule has 6 aromatic rings. The Labute approximate surface area is 423 Å². The summed E-state index contributed by atoms with van der Waals surface area (Å²) in [5.41, 5.74) is 6.97. The molecule has 70 heavy (non-hydrogen) atoms. The molecule has 0 unspecified atom stereocenters. The Kier molecular flexibility index (Phi) is 17.1. The van der Waals surface area contributed by atoms with Gasteiger partial charge in [0, 0.05) is 44.5 Å². The number of aromatic nitrogens is 4. The number of benzene rings is 3. The van der Waals surface area contributed by atoms with Crippen LogP contribution in [0.2, 0.25) is 5.02 Å². The quantitative estimate of drug-likeness (QED) is 0.0487. The maximum Gasteiger partial charge on any atom is 0.358 e. The van der Waals surface area contributed by atoms with Crippen molar-refractivity contribution in [2.24, 2.45) is 4.99 Å². The SMILES string of the molecule is Cc1sc2c(c1C)C(c1ccc(Cl)cc1)=N[C@@H](CC(=O)Nc1ccc(OCCOCCOCCOCCNc3ccc(-c4ccc5c(c4)CC(=O)N5)c(C(=O)OC(C)(C)C)n3)cc1)c1nnc(C)n1-2.S. The average molecular weight is 1010 g/mol. The molecule has 0 fully saturated rings. The van der Waals surface area contributed by atoms with Crippen LogP contribution >= 0.6 is 36.4 Å². The number of amides is 2. The van der Waals surface area contributed by atoms with E-state index >= 15 is 0 Å². The molecule has 0 saturated carbocycles. The van der Waals surface area contributed by atoms with Crippen LogP contribution in [0.5, 0.6) is 5.75 Å². The third-order valence-electron chi connectivity index (χ3n) is 11.2. The van der Waals surface area contributed by atoms with Crippen molar-refractivity contribution in [1.29, 1.82) is 0 Å². The highest BCUT2D eigenvalue weighted by Crippen LogP contribution is 2.40. The molecule has 5 heterocycles. The van der Waals surface area contributed by atoms with Crippen molar-refractivity contribution in [3.63, 3.8) is 0 Å². The van der Waals surface area contributed by atoms with Crippen LogP contribution in [-0.2, 0) is 35.0 Å². The first kappa shape index (κ1) is 51.7. The number of anilines is 3. The monoisotopic (exact) mass is 1010 g/mol. The number of rotatable bonds is 20. The zero-order chi connectivity index (χ0) is 48.7. The van der Waals surface area contributed by atoms with Crippen LogP contribution in [0.25, 0.3) is 16.1 Å². The topological polar surface area (TPSA) is 189 Å². The molecule has 2 aliphatic rings. The Morgan fingerprint density at radius 1 is 0.857 bits per heavy atom. The maximum absolute atomic E-state index is 13.5. The molecule has 368 valence electrons. The first-order valence-corrected chi connectivity index (χ1v) is 23.9. The van der Waals surface area contributed by atoms with Gasteiger partial charge in [-0.25, -0.2) is 9.78 Å². The number of aliphatic imine (C=N–C) groups is 1. The number of thiophene rings is 1. The van der Waals surface area contributed by atoms with Crippen molar-refractivity contribution in [3.8, 4) is 21.9 Å². The normalized spacial score (nSPS) is 13.8. The molecule has 0 aliphatic carbocycles. The van der Waals surface area contributed by atoms with Gasteiger partial charge in [-0.3, -0.25) is 19.1 Å². The smallest absolute Gasteiger partial charge is 0.358 e. The van der Waals surface area contributed by atoms with Gasteiger partial charge in [0.25, 0.3) is 0 Å². The molecule has 2 aliphatic heterocycles. The molecule has 1 atom stereocenters. The van der Waals surface area contributed by atoms with E-state index in [9.17, 15) is 14.4 Å².